The lowest BCUT2D eigenvalue weighted by Gasteiger charge is -2.28. The first kappa shape index (κ1) is 19.1. The van der Waals surface area contributed by atoms with Crippen molar-refractivity contribution in [2.24, 2.45) is 0 Å². The van der Waals surface area contributed by atoms with E-state index in [1.807, 2.05) is 24.3 Å². The van der Waals surface area contributed by atoms with Crippen molar-refractivity contribution < 1.29 is 23.8 Å². The number of aromatic carboxylic acids is 1. The molecular weight excluding hydrogens is 403 g/mol. The van der Waals surface area contributed by atoms with Crippen molar-refractivity contribution in [3.63, 3.8) is 0 Å². The highest BCUT2D eigenvalue weighted by Crippen LogP contribution is 2.40. The first-order chi connectivity index (χ1) is 14.9. The number of carboxylic acid groups (broad SMARTS) is 1. The van der Waals surface area contributed by atoms with E-state index >= 15 is 0 Å². The number of fused-ring (bicyclic) bond motifs is 1. The van der Waals surface area contributed by atoms with Gasteiger partial charge < -0.3 is 19.7 Å². The summed E-state index contributed by atoms with van der Waals surface area (Å²) in [7, 11) is 1.19. The maximum atomic E-state index is 14.9. The maximum absolute atomic E-state index is 14.9. The number of benzene rings is 1. The third kappa shape index (κ3) is 2.69. The van der Waals surface area contributed by atoms with E-state index in [1.54, 1.807) is 0 Å². The highest BCUT2D eigenvalue weighted by atomic mass is 19.1. The summed E-state index contributed by atoms with van der Waals surface area (Å²) in [6, 6.07) is 8.76. The largest absolute Gasteiger partial charge is 0.478 e. The molecule has 1 aliphatic rings. The number of anilines is 1. The fourth-order valence-electron chi connectivity index (χ4n) is 4.38. The Balaban J connectivity index is 1.86. The van der Waals surface area contributed by atoms with Crippen molar-refractivity contribution >= 4 is 34.0 Å². The van der Waals surface area contributed by atoms with Gasteiger partial charge in [0.2, 0.25) is 0 Å². The Bertz CT molecular complexity index is 1390. The van der Waals surface area contributed by atoms with E-state index in [-0.39, 0.29) is 28.4 Å². The van der Waals surface area contributed by atoms with E-state index < -0.39 is 17.8 Å². The van der Waals surface area contributed by atoms with Crippen LogP contribution in [0.25, 0.3) is 27.8 Å². The van der Waals surface area contributed by atoms with E-state index in [1.165, 1.54) is 13.3 Å². The lowest BCUT2D eigenvalue weighted by molar-refractivity contribution is 0.0598. The van der Waals surface area contributed by atoms with Gasteiger partial charge in [0.25, 0.3) is 0 Å². The van der Waals surface area contributed by atoms with Gasteiger partial charge in [0.05, 0.1) is 35.6 Å². The van der Waals surface area contributed by atoms with E-state index in [9.17, 15) is 19.1 Å². The van der Waals surface area contributed by atoms with Gasteiger partial charge in [-0.2, -0.15) is 5.10 Å². The number of nitrogens with zero attached hydrogens (tertiary/aromatic N) is 3. The average Bonchev–Trinajstić information content (AvgIpc) is 3.34. The van der Waals surface area contributed by atoms with Crippen molar-refractivity contribution in [1.82, 2.24) is 14.2 Å². The molecule has 0 spiro atoms. The van der Waals surface area contributed by atoms with Crippen molar-refractivity contribution in [3.8, 4) is 11.4 Å². The van der Waals surface area contributed by atoms with E-state index in [0.717, 1.165) is 33.6 Å². The van der Waals surface area contributed by atoms with Crippen LogP contribution in [-0.2, 0) is 4.74 Å². The molecule has 2 N–H and O–H groups in total. The van der Waals surface area contributed by atoms with Crippen LogP contribution in [0.4, 0.5) is 10.1 Å². The number of halogens is 1. The molecule has 1 aromatic carbocycles. The van der Waals surface area contributed by atoms with Gasteiger partial charge in [-0.3, -0.25) is 0 Å². The summed E-state index contributed by atoms with van der Waals surface area (Å²) < 4.78 is 22.8. The maximum Gasteiger partial charge on any atom is 0.340 e. The zero-order valence-corrected chi connectivity index (χ0v) is 16.8. The van der Waals surface area contributed by atoms with Crippen LogP contribution in [-0.4, -0.2) is 44.9 Å². The monoisotopic (exact) mass is 422 g/mol. The summed E-state index contributed by atoms with van der Waals surface area (Å²) in [5.41, 5.74) is 2.15. The Labute approximate surface area is 175 Å². The quantitative estimate of drug-likeness (QED) is 0.483. The molecule has 1 atom stereocenters. The minimum Gasteiger partial charge on any atom is -0.478 e. The Morgan fingerprint density at radius 3 is 2.84 bits per heavy atom. The highest BCUT2D eigenvalue weighted by Gasteiger charge is 2.30. The Hall–Kier alpha value is -3.88. The summed E-state index contributed by atoms with van der Waals surface area (Å²) in [6.07, 6.45) is 2.10. The number of pyridine rings is 1. The third-order valence-corrected chi connectivity index (χ3v) is 5.78. The van der Waals surface area contributed by atoms with Crippen LogP contribution in [0.5, 0.6) is 0 Å². The second-order valence-corrected chi connectivity index (χ2v) is 7.48. The number of methoxy groups -OCH3 is 1. The van der Waals surface area contributed by atoms with Crippen LogP contribution < -0.4 is 5.32 Å². The van der Waals surface area contributed by atoms with E-state index in [2.05, 4.69) is 26.6 Å². The number of ether oxygens (including phenoxy) is 1. The number of carbonyl (C=O) groups is 2. The molecule has 5 rings (SSSR count). The van der Waals surface area contributed by atoms with Crippen LogP contribution in [0.2, 0.25) is 0 Å². The van der Waals surface area contributed by atoms with Crippen LogP contribution >= 0.6 is 0 Å². The molecule has 0 aliphatic carbocycles. The predicted octanol–water partition coefficient (Wildman–Crippen LogP) is 3.96. The molecule has 0 fully saturated rings. The van der Waals surface area contributed by atoms with Crippen LogP contribution in [0, 0.1) is 5.82 Å². The van der Waals surface area contributed by atoms with Gasteiger partial charge in [0.1, 0.15) is 16.8 Å². The van der Waals surface area contributed by atoms with Crippen molar-refractivity contribution in [2.45, 2.75) is 19.4 Å². The number of rotatable bonds is 4. The zero-order valence-electron chi connectivity index (χ0n) is 16.8. The molecule has 4 aromatic rings. The lowest BCUT2D eigenvalue weighted by Crippen LogP contribution is -2.24. The van der Waals surface area contributed by atoms with Crippen LogP contribution in [0.1, 0.15) is 40.1 Å². The minimum atomic E-state index is -1.30. The number of hydrogen-bond donors (Lipinski definition) is 2. The average molecular weight is 422 g/mol. The third-order valence-electron chi connectivity index (χ3n) is 5.78. The second-order valence-electron chi connectivity index (χ2n) is 7.48. The molecule has 0 amide bonds. The topological polar surface area (TPSA) is 97.9 Å². The number of carboxylic acids is 1. The Morgan fingerprint density at radius 2 is 2.13 bits per heavy atom. The van der Waals surface area contributed by atoms with Gasteiger partial charge in [-0.25, -0.2) is 18.5 Å². The fraction of sp³-hybridized carbons (Fsp3) is 0.227. The molecule has 4 heterocycles. The smallest absolute Gasteiger partial charge is 0.340 e. The molecule has 0 bridgehead atoms. The standard InChI is InChI=1S/C22H19FN4O4/c1-3-13-9-24-15-6-4-5-11-8-16(27(13)19(11)15)18-17(21(28)29)20-14(23)7-12(22(30)31-2)10-26(20)25-18/h4-8,10,13,24H,3,9H2,1-2H3,(H,28,29). The van der Waals surface area contributed by atoms with E-state index in [0.29, 0.717) is 12.2 Å². The molecule has 158 valence electrons. The first-order valence-corrected chi connectivity index (χ1v) is 9.86. The molecule has 0 saturated carbocycles. The molecule has 9 heteroatoms. The Morgan fingerprint density at radius 1 is 1.32 bits per heavy atom. The number of esters is 1. The molecule has 0 saturated heterocycles. The number of nitrogens with one attached hydrogen (secondary N) is 1. The second kappa shape index (κ2) is 6.83. The molecule has 3 aromatic heterocycles. The fourth-order valence-corrected chi connectivity index (χ4v) is 4.38. The van der Waals surface area contributed by atoms with Crippen molar-refractivity contribution in [1.29, 1.82) is 0 Å². The summed E-state index contributed by atoms with van der Waals surface area (Å²) in [5, 5.41) is 18.7. The van der Waals surface area contributed by atoms with Gasteiger partial charge in [-0.1, -0.05) is 19.1 Å². The zero-order chi connectivity index (χ0) is 21.9. The Kier molecular flexibility index (Phi) is 4.21. The highest BCUT2D eigenvalue weighted by molar-refractivity contribution is 6.05. The molecule has 8 nitrogen and oxygen atoms in total. The van der Waals surface area contributed by atoms with Gasteiger partial charge >= 0.3 is 11.9 Å². The van der Waals surface area contributed by atoms with Crippen molar-refractivity contribution in [3.05, 3.63) is 53.5 Å². The molecule has 31 heavy (non-hydrogen) atoms. The van der Waals surface area contributed by atoms with Gasteiger partial charge in [0, 0.05) is 18.1 Å². The minimum absolute atomic E-state index is 0.0573. The molecule has 0 radical (unpaired) electrons. The molecular formula is C22H19FN4O4. The van der Waals surface area contributed by atoms with Gasteiger partial charge in [-0.05, 0) is 24.6 Å². The van der Waals surface area contributed by atoms with Gasteiger partial charge in [0.15, 0.2) is 5.82 Å². The number of aromatic nitrogens is 3. The summed E-state index contributed by atoms with van der Waals surface area (Å²) in [4.78, 5) is 24.1. The number of para-hydroxylation sites is 1. The SMILES string of the molecule is CCC1CNc2cccc3cc(-c4nn5cc(C(=O)OC)cc(F)c5c4C(=O)O)n1c23. The van der Waals surface area contributed by atoms with Gasteiger partial charge in [-0.15, -0.1) is 0 Å². The number of hydrogen-bond acceptors (Lipinski definition) is 5. The summed E-state index contributed by atoms with van der Waals surface area (Å²) >= 11 is 0. The molecule has 1 unspecified atom stereocenters. The lowest BCUT2D eigenvalue weighted by atomic mass is 10.1. The summed E-state index contributed by atoms with van der Waals surface area (Å²) in [5.74, 6) is -2.89. The number of carbonyl (C=O) groups excluding carboxylic acids is 1. The molecule has 1 aliphatic heterocycles. The first-order valence-electron chi connectivity index (χ1n) is 9.86. The summed E-state index contributed by atoms with van der Waals surface area (Å²) in [6.45, 7) is 2.74. The normalized spacial score (nSPS) is 15.3. The van der Waals surface area contributed by atoms with Crippen molar-refractivity contribution in [2.75, 3.05) is 19.0 Å². The van der Waals surface area contributed by atoms with Crippen LogP contribution in [0.15, 0.2) is 36.5 Å². The predicted molar refractivity (Wildman–Crippen MR) is 112 cm³/mol. The van der Waals surface area contributed by atoms with E-state index in [4.69, 9.17) is 0 Å². The van der Waals surface area contributed by atoms with Crippen LogP contribution in [0.3, 0.4) is 0 Å².